The number of amides is 1. The fourth-order valence-corrected chi connectivity index (χ4v) is 2.17. The van der Waals surface area contributed by atoms with Gasteiger partial charge in [-0.05, 0) is 44.2 Å². The lowest BCUT2D eigenvalue weighted by Crippen LogP contribution is -2.35. The van der Waals surface area contributed by atoms with Gasteiger partial charge in [-0.2, -0.15) is 0 Å². The van der Waals surface area contributed by atoms with Gasteiger partial charge in [-0.25, -0.2) is 0 Å². The molecule has 5 heteroatoms. The SMILES string of the molecule is COCCOc1ccc(NC(=O)C2(C)CCNC2)cc1. The van der Waals surface area contributed by atoms with E-state index < -0.39 is 0 Å². The van der Waals surface area contributed by atoms with E-state index in [1.807, 2.05) is 31.2 Å². The minimum atomic E-state index is -0.312. The Morgan fingerprint density at radius 1 is 1.35 bits per heavy atom. The molecule has 1 heterocycles. The molecule has 1 aliphatic rings. The van der Waals surface area contributed by atoms with Crippen LogP contribution in [0.5, 0.6) is 5.75 Å². The van der Waals surface area contributed by atoms with Crippen LogP contribution in [0.25, 0.3) is 0 Å². The molecule has 1 atom stereocenters. The summed E-state index contributed by atoms with van der Waals surface area (Å²) in [5.74, 6) is 0.837. The van der Waals surface area contributed by atoms with E-state index in [0.717, 1.165) is 30.9 Å². The lowest BCUT2D eigenvalue weighted by molar-refractivity contribution is -0.123. The standard InChI is InChI=1S/C15H22N2O3/c1-15(7-8-16-11-15)14(18)17-12-3-5-13(6-4-12)20-10-9-19-2/h3-6,16H,7-11H2,1-2H3,(H,17,18). The second kappa shape index (κ2) is 6.72. The van der Waals surface area contributed by atoms with Crippen LogP contribution in [0, 0.1) is 5.41 Å². The number of methoxy groups -OCH3 is 1. The lowest BCUT2D eigenvalue weighted by atomic mass is 9.89. The van der Waals surface area contributed by atoms with E-state index in [0.29, 0.717) is 13.2 Å². The van der Waals surface area contributed by atoms with Gasteiger partial charge in [-0.1, -0.05) is 0 Å². The number of nitrogens with one attached hydrogen (secondary N) is 2. The molecule has 1 amide bonds. The number of anilines is 1. The quantitative estimate of drug-likeness (QED) is 0.777. The van der Waals surface area contributed by atoms with Gasteiger partial charge in [0, 0.05) is 19.3 Å². The Bertz CT molecular complexity index is 439. The highest BCUT2D eigenvalue weighted by Gasteiger charge is 2.36. The molecule has 1 aromatic carbocycles. The van der Waals surface area contributed by atoms with Gasteiger partial charge >= 0.3 is 0 Å². The molecule has 5 nitrogen and oxygen atoms in total. The van der Waals surface area contributed by atoms with Crippen molar-refractivity contribution < 1.29 is 14.3 Å². The molecule has 110 valence electrons. The number of carbonyl (C=O) groups excluding carboxylic acids is 1. The molecule has 1 unspecified atom stereocenters. The van der Waals surface area contributed by atoms with Crippen LogP contribution in [0.15, 0.2) is 24.3 Å². The first-order valence-electron chi connectivity index (χ1n) is 6.88. The van der Waals surface area contributed by atoms with Crippen LogP contribution in [0.1, 0.15) is 13.3 Å². The van der Waals surface area contributed by atoms with Gasteiger partial charge in [-0.3, -0.25) is 4.79 Å². The van der Waals surface area contributed by atoms with Gasteiger partial charge < -0.3 is 20.1 Å². The van der Waals surface area contributed by atoms with Gasteiger partial charge in [0.1, 0.15) is 12.4 Å². The van der Waals surface area contributed by atoms with Crippen molar-refractivity contribution in [1.82, 2.24) is 5.32 Å². The highest BCUT2D eigenvalue weighted by molar-refractivity contribution is 5.95. The fraction of sp³-hybridized carbons (Fsp3) is 0.533. The Morgan fingerprint density at radius 2 is 2.10 bits per heavy atom. The summed E-state index contributed by atoms with van der Waals surface area (Å²) in [4.78, 5) is 12.2. The van der Waals surface area contributed by atoms with Crippen molar-refractivity contribution in [3.8, 4) is 5.75 Å². The van der Waals surface area contributed by atoms with Crippen LogP contribution in [0.3, 0.4) is 0 Å². The average molecular weight is 278 g/mol. The van der Waals surface area contributed by atoms with E-state index in [9.17, 15) is 4.79 Å². The summed E-state index contributed by atoms with van der Waals surface area (Å²) in [6.45, 7) is 4.70. The maximum absolute atomic E-state index is 12.2. The summed E-state index contributed by atoms with van der Waals surface area (Å²) in [5.41, 5.74) is 0.482. The molecule has 0 bridgehead atoms. The highest BCUT2D eigenvalue weighted by atomic mass is 16.5. The number of ether oxygens (including phenoxy) is 2. The minimum absolute atomic E-state index is 0.0653. The molecule has 0 saturated carbocycles. The zero-order chi connectivity index (χ0) is 14.4. The second-order valence-corrected chi connectivity index (χ2v) is 5.31. The Hall–Kier alpha value is -1.59. The predicted molar refractivity (Wildman–Crippen MR) is 78.0 cm³/mol. The Morgan fingerprint density at radius 3 is 2.70 bits per heavy atom. The van der Waals surface area contributed by atoms with E-state index in [1.165, 1.54) is 0 Å². The zero-order valence-electron chi connectivity index (χ0n) is 12.1. The monoisotopic (exact) mass is 278 g/mol. The van der Waals surface area contributed by atoms with E-state index in [-0.39, 0.29) is 11.3 Å². The van der Waals surface area contributed by atoms with Gasteiger partial charge in [0.2, 0.25) is 5.91 Å². The number of rotatable bonds is 6. The zero-order valence-corrected chi connectivity index (χ0v) is 12.1. The summed E-state index contributed by atoms with van der Waals surface area (Å²) in [6.07, 6.45) is 0.872. The normalized spacial score (nSPS) is 21.7. The molecule has 1 aromatic rings. The molecule has 0 aliphatic carbocycles. The molecule has 0 aromatic heterocycles. The number of carbonyl (C=O) groups is 1. The predicted octanol–water partition coefficient (Wildman–Crippen LogP) is 1.65. The molecule has 20 heavy (non-hydrogen) atoms. The van der Waals surface area contributed by atoms with Crippen molar-refractivity contribution >= 4 is 11.6 Å². The number of hydrogen-bond acceptors (Lipinski definition) is 4. The highest BCUT2D eigenvalue weighted by Crippen LogP contribution is 2.26. The molecular weight excluding hydrogens is 256 g/mol. The average Bonchev–Trinajstić information content (AvgIpc) is 2.89. The first kappa shape index (κ1) is 14.8. The first-order chi connectivity index (χ1) is 9.64. The molecule has 1 fully saturated rings. The maximum atomic E-state index is 12.2. The lowest BCUT2D eigenvalue weighted by Gasteiger charge is -2.21. The van der Waals surface area contributed by atoms with Gasteiger partial charge in [-0.15, -0.1) is 0 Å². The van der Waals surface area contributed by atoms with Crippen LogP contribution in [0.4, 0.5) is 5.69 Å². The molecule has 2 rings (SSSR count). The summed E-state index contributed by atoms with van der Waals surface area (Å²) < 4.78 is 10.4. The summed E-state index contributed by atoms with van der Waals surface area (Å²) >= 11 is 0. The van der Waals surface area contributed by atoms with Crippen LogP contribution in [-0.2, 0) is 9.53 Å². The summed E-state index contributed by atoms with van der Waals surface area (Å²) in [7, 11) is 1.64. The largest absolute Gasteiger partial charge is 0.491 e. The molecule has 1 saturated heterocycles. The Balaban J connectivity index is 1.88. The van der Waals surface area contributed by atoms with Gasteiger partial charge in [0.05, 0.1) is 12.0 Å². The number of benzene rings is 1. The van der Waals surface area contributed by atoms with E-state index >= 15 is 0 Å². The van der Waals surface area contributed by atoms with Crippen LogP contribution in [-0.4, -0.2) is 39.3 Å². The van der Waals surface area contributed by atoms with E-state index in [1.54, 1.807) is 7.11 Å². The third-order valence-corrected chi connectivity index (χ3v) is 3.59. The summed E-state index contributed by atoms with van der Waals surface area (Å²) in [6, 6.07) is 7.40. The molecule has 0 radical (unpaired) electrons. The number of hydrogen-bond donors (Lipinski definition) is 2. The fourth-order valence-electron chi connectivity index (χ4n) is 2.17. The smallest absolute Gasteiger partial charge is 0.231 e. The van der Waals surface area contributed by atoms with Crippen LogP contribution < -0.4 is 15.4 Å². The van der Waals surface area contributed by atoms with Crippen molar-refractivity contribution in [3.63, 3.8) is 0 Å². The maximum Gasteiger partial charge on any atom is 0.231 e. The molecule has 0 spiro atoms. The Kier molecular flexibility index (Phi) is 4.98. The molecule has 2 N–H and O–H groups in total. The van der Waals surface area contributed by atoms with Gasteiger partial charge in [0.25, 0.3) is 0 Å². The Labute approximate surface area is 119 Å². The third-order valence-electron chi connectivity index (χ3n) is 3.59. The third kappa shape index (κ3) is 3.71. The topological polar surface area (TPSA) is 59.6 Å². The second-order valence-electron chi connectivity index (χ2n) is 5.31. The van der Waals surface area contributed by atoms with E-state index in [4.69, 9.17) is 9.47 Å². The van der Waals surface area contributed by atoms with Crippen molar-refractivity contribution in [2.75, 3.05) is 38.7 Å². The van der Waals surface area contributed by atoms with Crippen molar-refractivity contribution in [2.24, 2.45) is 5.41 Å². The summed E-state index contributed by atoms with van der Waals surface area (Å²) in [5, 5.41) is 6.18. The van der Waals surface area contributed by atoms with E-state index in [2.05, 4.69) is 10.6 Å². The van der Waals surface area contributed by atoms with Gasteiger partial charge in [0.15, 0.2) is 0 Å². The van der Waals surface area contributed by atoms with Crippen LogP contribution in [0.2, 0.25) is 0 Å². The van der Waals surface area contributed by atoms with Crippen molar-refractivity contribution in [1.29, 1.82) is 0 Å². The first-order valence-corrected chi connectivity index (χ1v) is 6.88. The molecule has 1 aliphatic heterocycles. The van der Waals surface area contributed by atoms with Crippen molar-refractivity contribution in [2.45, 2.75) is 13.3 Å². The minimum Gasteiger partial charge on any atom is -0.491 e. The van der Waals surface area contributed by atoms with Crippen LogP contribution >= 0.6 is 0 Å². The molecular formula is C15H22N2O3. The van der Waals surface area contributed by atoms with Crippen molar-refractivity contribution in [3.05, 3.63) is 24.3 Å².